The van der Waals surface area contributed by atoms with Gasteiger partial charge < -0.3 is 14.6 Å². The van der Waals surface area contributed by atoms with E-state index in [0.717, 1.165) is 18.8 Å². The molecule has 2 atom stereocenters. The molecule has 1 aliphatic rings. The van der Waals surface area contributed by atoms with Crippen LogP contribution in [0.2, 0.25) is 0 Å². The largest absolute Gasteiger partial charge is 0.493 e. The second-order valence-corrected chi connectivity index (χ2v) is 5.01. The summed E-state index contributed by atoms with van der Waals surface area (Å²) in [6.45, 7) is 4.03. The van der Waals surface area contributed by atoms with Crippen LogP contribution >= 0.6 is 0 Å². The Labute approximate surface area is 119 Å². The van der Waals surface area contributed by atoms with Crippen molar-refractivity contribution in [2.45, 2.75) is 19.4 Å². The van der Waals surface area contributed by atoms with E-state index in [1.54, 1.807) is 7.11 Å². The Morgan fingerprint density at radius 2 is 2.10 bits per heavy atom. The summed E-state index contributed by atoms with van der Waals surface area (Å²) in [7, 11) is 1.61. The van der Waals surface area contributed by atoms with Gasteiger partial charge in [0.2, 0.25) is 0 Å². The van der Waals surface area contributed by atoms with Gasteiger partial charge in [0.15, 0.2) is 11.5 Å². The van der Waals surface area contributed by atoms with E-state index in [9.17, 15) is 4.79 Å². The Kier molecular flexibility index (Phi) is 4.84. The quantitative estimate of drug-likeness (QED) is 0.861. The molecule has 1 N–H and O–H groups in total. The minimum atomic E-state index is -0.703. The molecule has 1 saturated heterocycles. The monoisotopic (exact) mass is 279 g/mol. The zero-order valence-corrected chi connectivity index (χ0v) is 11.9. The predicted octanol–water partition coefficient (Wildman–Crippen LogP) is 1.87. The molecule has 1 heterocycles. The highest BCUT2D eigenvalue weighted by Crippen LogP contribution is 2.27. The van der Waals surface area contributed by atoms with Crippen molar-refractivity contribution in [2.24, 2.45) is 5.92 Å². The maximum Gasteiger partial charge on any atom is 0.308 e. The fourth-order valence-corrected chi connectivity index (χ4v) is 2.66. The summed E-state index contributed by atoms with van der Waals surface area (Å²) in [5.41, 5.74) is 0. The highest BCUT2D eigenvalue weighted by atomic mass is 16.5. The Morgan fingerprint density at radius 1 is 1.40 bits per heavy atom. The highest BCUT2D eigenvalue weighted by molar-refractivity contribution is 5.71. The van der Waals surface area contributed by atoms with Gasteiger partial charge in [0, 0.05) is 12.6 Å². The summed E-state index contributed by atoms with van der Waals surface area (Å²) in [6.07, 6.45) is 0.713. The van der Waals surface area contributed by atoms with Crippen LogP contribution in [0.3, 0.4) is 0 Å². The summed E-state index contributed by atoms with van der Waals surface area (Å²) < 4.78 is 10.9. The molecule has 0 bridgehead atoms. The van der Waals surface area contributed by atoms with Gasteiger partial charge in [-0.15, -0.1) is 0 Å². The topological polar surface area (TPSA) is 59.0 Å². The zero-order chi connectivity index (χ0) is 14.5. The van der Waals surface area contributed by atoms with Crippen molar-refractivity contribution in [1.82, 2.24) is 4.90 Å². The molecule has 1 aliphatic heterocycles. The Balaban J connectivity index is 1.83. The van der Waals surface area contributed by atoms with Gasteiger partial charge in [-0.2, -0.15) is 0 Å². The van der Waals surface area contributed by atoms with Crippen LogP contribution in [0.15, 0.2) is 24.3 Å². The first-order valence-corrected chi connectivity index (χ1v) is 6.86. The lowest BCUT2D eigenvalue weighted by atomic mass is 10.0. The molecule has 0 aliphatic carbocycles. The number of carbonyl (C=O) groups is 1. The Hall–Kier alpha value is -1.75. The number of carboxylic acid groups (broad SMARTS) is 1. The number of aliphatic carboxylic acids is 1. The number of nitrogens with zero attached hydrogens (tertiary/aromatic N) is 1. The maximum atomic E-state index is 11.1. The van der Waals surface area contributed by atoms with Crippen molar-refractivity contribution in [3.63, 3.8) is 0 Å². The van der Waals surface area contributed by atoms with Crippen molar-refractivity contribution in [1.29, 1.82) is 0 Å². The molecule has 1 fully saturated rings. The molecular formula is C15H21NO4. The molecular weight excluding hydrogens is 258 g/mol. The molecule has 0 amide bonds. The van der Waals surface area contributed by atoms with Crippen LogP contribution < -0.4 is 9.47 Å². The second kappa shape index (κ2) is 6.61. The van der Waals surface area contributed by atoms with Gasteiger partial charge in [0.1, 0.15) is 6.61 Å². The van der Waals surface area contributed by atoms with Gasteiger partial charge in [-0.3, -0.25) is 9.69 Å². The number of rotatable bonds is 6. The molecule has 0 radical (unpaired) electrons. The third-order valence-corrected chi connectivity index (χ3v) is 3.91. The number of ether oxygens (including phenoxy) is 2. The number of methoxy groups -OCH3 is 1. The molecule has 0 spiro atoms. The van der Waals surface area contributed by atoms with Gasteiger partial charge in [0.05, 0.1) is 13.0 Å². The SMILES string of the molecule is COc1ccccc1OCCN1CCC(C(=O)O)C1C. The normalized spacial score (nSPS) is 22.7. The van der Waals surface area contributed by atoms with Gasteiger partial charge in [0.25, 0.3) is 0 Å². The minimum Gasteiger partial charge on any atom is -0.493 e. The number of carboxylic acids is 1. The number of benzene rings is 1. The van der Waals surface area contributed by atoms with Crippen LogP contribution in [0, 0.1) is 5.92 Å². The average molecular weight is 279 g/mol. The van der Waals surface area contributed by atoms with E-state index >= 15 is 0 Å². The van der Waals surface area contributed by atoms with Crippen LogP contribution in [0.4, 0.5) is 0 Å². The smallest absolute Gasteiger partial charge is 0.308 e. The van der Waals surface area contributed by atoms with E-state index < -0.39 is 5.97 Å². The second-order valence-electron chi connectivity index (χ2n) is 5.01. The minimum absolute atomic E-state index is 0.0637. The van der Waals surface area contributed by atoms with E-state index in [1.807, 2.05) is 31.2 Å². The first-order valence-electron chi connectivity index (χ1n) is 6.86. The van der Waals surface area contributed by atoms with E-state index in [4.69, 9.17) is 14.6 Å². The summed E-state index contributed by atoms with van der Waals surface area (Å²) in [4.78, 5) is 13.2. The molecule has 110 valence electrons. The van der Waals surface area contributed by atoms with Crippen molar-refractivity contribution >= 4 is 5.97 Å². The summed E-state index contributed by atoms with van der Waals surface area (Å²) in [6, 6.07) is 7.58. The lowest BCUT2D eigenvalue weighted by molar-refractivity contribution is -0.142. The van der Waals surface area contributed by atoms with Crippen LogP contribution in [-0.4, -0.2) is 48.8 Å². The molecule has 0 saturated carbocycles. The Morgan fingerprint density at radius 3 is 2.70 bits per heavy atom. The van der Waals surface area contributed by atoms with E-state index in [0.29, 0.717) is 18.8 Å². The maximum absolute atomic E-state index is 11.1. The average Bonchev–Trinajstić information content (AvgIpc) is 2.81. The highest BCUT2D eigenvalue weighted by Gasteiger charge is 2.35. The summed E-state index contributed by atoms with van der Waals surface area (Å²) >= 11 is 0. The van der Waals surface area contributed by atoms with Gasteiger partial charge in [-0.05, 0) is 32.0 Å². The predicted molar refractivity (Wildman–Crippen MR) is 75.3 cm³/mol. The van der Waals surface area contributed by atoms with E-state index in [1.165, 1.54) is 0 Å². The van der Waals surface area contributed by atoms with E-state index in [2.05, 4.69) is 4.90 Å². The van der Waals surface area contributed by atoms with Crippen LogP contribution in [-0.2, 0) is 4.79 Å². The first-order chi connectivity index (χ1) is 9.63. The molecule has 2 unspecified atom stereocenters. The molecule has 2 rings (SSSR count). The van der Waals surface area contributed by atoms with Crippen LogP contribution in [0.1, 0.15) is 13.3 Å². The standard InChI is InChI=1S/C15H21NO4/c1-11-12(15(17)18)7-8-16(11)9-10-20-14-6-4-3-5-13(14)19-2/h3-6,11-12H,7-10H2,1-2H3,(H,17,18). The number of hydrogen-bond acceptors (Lipinski definition) is 4. The van der Waals surface area contributed by atoms with Gasteiger partial charge in [-0.1, -0.05) is 12.1 Å². The van der Waals surface area contributed by atoms with Crippen molar-refractivity contribution in [3.8, 4) is 11.5 Å². The number of para-hydroxylation sites is 2. The molecule has 20 heavy (non-hydrogen) atoms. The lowest BCUT2D eigenvalue weighted by Crippen LogP contribution is -2.35. The first kappa shape index (κ1) is 14.7. The van der Waals surface area contributed by atoms with Gasteiger partial charge >= 0.3 is 5.97 Å². The van der Waals surface area contributed by atoms with Gasteiger partial charge in [-0.25, -0.2) is 0 Å². The summed E-state index contributed by atoms with van der Waals surface area (Å²) in [5.74, 6) is 0.467. The molecule has 5 heteroatoms. The van der Waals surface area contributed by atoms with Crippen molar-refractivity contribution in [2.75, 3.05) is 26.8 Å². The molecule has 0 aromatic heterocycles. The van der Waals surface area contributed by atoms with Crippen LogP contribution in [0.5, 0.6) is 11.5 Å². The van der Waals surface area contributed by atoms with Crippen LogP contribution in [0.25, 0.3) is 0 Å². The molecule has 1 aromatic carbocycles. The lowest BCUT2D eigenvalue weighted by Gasteiger charge is -2.23. The van der Waals surface area contributed by atoms with Crippen molar-refractivity contribution in [3.05, 3.63) is 24.3 Å². The molecule has 1 aromatic rings. The molecule has 5 nitrogen and oxygen atoms in total. The number of likely N-dealkylation sites (tertiary alicyclic amines) is 1. The summed E-state index contributed by atoms with van der Waals surface area (Å²) in [5, 5.41) is 9.10. The van der Waals surface area contributed by atoms with Crippen molar-refractivity contribution < 1.29 is 19.4 Å². The zero-order valence-electron chi connectivity index (χ0n) is 11.9. The third kappa shape index (κ3) is 3.22. The fraction of sp³-hybridized carbons (Fsp3) is 0.533. The number of hydrogen-bond donors (Lipinski definition) is 1. The fourth-order valence-electron chi connectivity index (χ4n) is 2.66. The Bertz CT molecular complexity index is 463. The third-order valence-electron chi connectivity index (χ3n) is 3.91. The van der Waals surface area contributed by atoms with E-state index in [-0.39, 0.29) is 12.0 Å².